The van der Waals surface area contributed by atoms with Crippen LogP contribution in [0.4, 0.5) is 5.69 Å². The lowest BCUT2D eigenvalue weighted by Crippen LogP contribution is -2.45. The predicted octanol–water partition coefficient (Wildman–Crippen LogP) is 5.64. The lowest BCUT2D eigenvalue weighted by atomic mass is 9.80. The highest BCUT2D eigenvalue weighted by molar-refractivity contribution is 7.92. The largest absolute Gasteiger partial charge is 0.372 e. The third kappa shape index (κ3) is 7.21. The minimum absolute atomic E-state index is 0.179. The summed E-state index contributed by atoms with van der Waals surface area (Å²) in [6.45, 7) is 10.2. The molecule has 1 saturated heterocycles. The minimum atomic E-state index is -2.93. The van der Waals surface area contributed by atoms with Gasteiger partial charge in [0.15, 0.2) is 9.84 Å². The van der Waals surface area contributed by atoms with Gasteiger partial charge >= 0.3 is 0 Å². The normalized spacial score (nSPS) is 28.5. The molecule has 31 heavy (non-hydrogen) atoms. The molecule has 1 aromatic rings. The van der Waals surface area contributed by atoms with Crippen LogP contribution in [0.3, 0.4) is 0 Å². The molecular weight excluding hydrogens is 406 g/mol. The molecule has 0 N–H and O–H groups in total. The van der Waals surface area contributed by atoms with Crippen LogP contribution < -0.4 is 4.90 Å². The second kappa shape index (κ2) is 11.2. The van der Waals surface area contributed by atoms with Crippen molar-refractivity contribution in [2.45, 2.75) is 96.5 Å². The molecule has 0 aromatic heterocycles. The number of sulfone groups is 1. The van der Waals surface area contributed by atoms with Gasteiger partial charge in [-0.2, -0.15) is 0 Å². The van der Waals surface area contributed by atoms with Crippen molar-refractivity contribution in [3.8, 4) is 0 Å². The Bertz CT molecular complexity index is 758. The first kappa shape index (κ1) is 24.6. The zero-order valence-electron chi connectivity index (χ0n) is 20.1. The van der Waals surface area contributed by atoms with Crippen molar-refractivity contribution < 1.29 is 13.2 Å². The van der Waals surface area contributed by atoms with E-state index in [1.54, 1.807) is 0 Å². The quantitative estimate of drug-likeness (QED) is 0.489. The van der Waals surface area contributed by atoms with Gasteiger partial charge in [0.05, 0.1) is 23.2 Å². The van der Waals surface area contributed by atoms with Crippen LogP contribution in [0.1, 0.15) is 78.2 Å². The summed E-state index contributed by atoms with van der Waals surface area (Å²) in [5, 5.41) is -0.179. The van der Waals surface area contributed by atoms with Gasteiger partial charge in [0.25, 0.3) is 0 Å². The highest BCUT2D eigenvalue weighted by atomic mass is 32.2. The van der Waals surface area contributed by atoms with Gasteiger partial charge in [0, 0.05) is 18.8 Å². The molecule has 0 spiro atoms. The Morgan fingerprint density at radius 3 is 2.16 bits per heavy atom. The van der Waals surface area contributed by atoms with Crippen LogP contribution in [0.15, 0.2) is 24.3 Å². The summed E-state index contributed by atoms with van der Waals surface area (Å²) in [5.41, 5.74) is 2.71. The molecule has 3 atom stereocenters. The maximum Gasteiger partial charge on any atom is 0.153 e. The number of aryl methyl sites for hydroxylation is 1. The molecule has 176 valence electrons. The smallest absolute Gasteiger partial charge is 0.153 e. The molecule has 5 heteroatoms. The number of ether oxygens (including phenoxy) is 1. The summed E-state index contributed by atoms with van der Waals surface area (Å²) >= 11 is 0. The average Bonchev–Trinajstić information content (AvgIpc) is 2.73. The molecule has 2 aliphatic rings. The highest BCUT2D eigenvalue weighted by Crippen LogP contribution is 2.33. The molecule has 0 bridgehead atoms. The zero-order valence-corrected chi connectivity index (χ0v) is 20.9. The van der Waals surface area contributed by atoms with Crippen molar-refractivity contribution in [2.24, 2.45) is 11.8 Å². The van der Waals surface area contributed by atoms with E-state index in [1.807, 2.05) is 6.92 Å². The fraction of sp³-hybridized carbons (Fsp3) is 0.769. The molecule has 1 saturated carbocycles. The lowest BCUT2D eigenvalue weighted by Gasteiger charge is -2.37. The first-order valence-electron chi connectivity index (χ1n) is 12.5. The van der Waals surface area contributed by atoms with Gasteiger partial charge < -0.3 is 9.64 Å². The SMILES string of the molecule is CCCC(C)S(=O)(=O)CC1CCC(CCc2ccc(N3C[C@@H](C)O[C@@H](C)C3)cc2)CC1. The second-order valence-corrected chi connectivity index (χ2v) is 12.6. The number of hydrogen-bond acceptors (Lipinski definition) is 4. The standard InChI is InChI=1S/C26H43NO3S/c1-5-6-22(4)31(28,29)19-25-11-9-23(10-12-25)7-8-24-13-15-26(16-14-24)27-17-20(2)30-21(3)18-27/h13-16,20-23,25H,5-12,17-19H2,1-4H3/t20-,21+,22?,23?,25?. The van der Waals surface area contributed by atoms with E-state index in [2.05, 4.69) is 49.9 Å². The van der Waals surface area contributed by atoms with Gasteiger partial charge in [-0.05, 0) is 82.4 Å². The third-order valence-corrected chi connectivity index (χ3v) is 9.70. The van der Waals surface area contributed by atoms with E-state index >= 15 is 0 Å². The van der Waals surface area contributed by atoms with Crippen LogP contribution in [0, 0.1) is 11.8 Å². The summed E-state index contributed by atoms with van der Waals surface area (Å²) in [4.78, 5) is 2.43. The summed E-state index contributed by atoms with van der Waals surface area (Å²) in [5.74, 6) is 1.52. The molecule has 1 aliphatic carbocycles. The van der Waals surface area contributed by atoms with Crippen molar-refractivity contribution in [3.63, 3.8) is 0 Å². The molecule has 4 nitrogen and oxygen atoms in total. The average molecular weight is 450 g/mol. The Balaban J connectivity index is 1.41. The van der Waals surface area contributed by atoms with E-state index in [9.17, 15) is 8.42 Å². The summed E-state index contributed by atoms with van der Waals surface area (Å²) in [7, 11) is -2.93. The Kier molecular flexibility index (Phi) is 8.86. The van der Waals surface area contributed by atoms with Gasteiger partial charge in [-0.1, -0.05) is 38.3 Å². The van der Waals surface area contributed by atoms with E-state index in [0.717, 1.165) is 51.1 Å². The van der Waals surface area contributed by atoms with Crippen molar-refractivity contribution in [1.82, 2.24) is 0 Å². The fourth-order valence-electron chi connectivity index (χ4n) is 5.40. The molecule has 1 unspecified atom stereocenters. The molecule has 3 rings (SSSR count). The zero-order chi connectivity index (χ0) is 22.4. The number of morpholine rings is 1. The van der Waals surface area contributed by atoms with Crippen molar-refractivity contribution in [1.29, 1.82) is 0 Å². The Labute approximate surface area is 190 Å². The number of hydrogen-bond donors (Lipinski definition) is 0. The van der Waals surface area contributed by atoms with Crippen molar-refractivity contribution >= 4 is 15.5 Å². The van der Waals surface area contributed by atoms with E-state index in [0.29, 0.717) is 11.7 Å². The topological polar surface area (TPSA) is 46.6 Å². The molecule has 2 fully saturated rings. The van der Waals surface area contributed by atoms with Crippen LogP contribution in [-0.4, -0.2) is 44.7 Å². The van der Waals surface area contributed by atoms with E-state index in [-0.39, 0.29) is 17.5 Å². The molecular formula is C26H43NO3S. The number of rotatable bonds is 9. The molecule has 0 amide bonds. The van der Waals surface area contributed by atoms with Gasteiger partial charge in [0.1, 0.15) is 0 Å². The maximum absolute atomic E-state index is 12.5. The van der Waals surface area contributed by atoms with Gasteiger partial charge in [-0.25, -0.2) is 8.42 Å². The van der Waals surface area contributed by atoms with E-state index in [4.69, 9.17) is 4.74 Å². The highest BCUT2D eigenvalue weighted by Gasteiger charge is 2.28. The predicted molar refractivity (Wildman–Crippen MR) is 131 cm³/mol. The van der Waals surface area contributed by atoms with Crippen LogP contribution in [0.2, 0.25) is 0 Å². The first-order valence-corrected chi connectivity index (χ1v) is 14.2. The van der Waals surface area contributed by atoms with Gasteiger partial charge in [-0.3, -0.25) is 0 Å². The van der Waals surface area contributed by atoms with Crippen LogP contribution in [0.25, 0.3) is 0 Å². The summed E-state index contributed by atoms with van der Waals surface area (Å²) in [6, 6.07) is 9.10. The minimum Gasteiger partial charge on any atom is -0.372 e. The monoisotopic (exact) mass is 449 g/mol. The van der Waals surface area contributed by atoms with Gasteiger partial charge in [-0.15, -0.1) is 0 Å². The summed E-state index contributed by atoms with van der Waals surface area (Å²) < 4.78 is 30.9. The Morgan fingerprint density at radius 2 is 1.58 bits per heavy atom. The second-order valence-electron chi connectivity index (χ2n) is 10.2. The third-order valence-electron chi connectivity index (χ3n) is 7.30. The van der Waals surface area contributed by atoms with Crippen LogP contribution >= 0.6 is 0 Å². The molecule has 0 radical (unpaired) electrons. The van der Waals surface area contributed by atoms with E-state index < -0.39 is 9.84 Å². The number of benzene rings is 1. The first-order chi connectivity index (χ1) is 14.8. The van der Waals surface area contributed by atoms with Gasteiger partial charge in [0.2, 0.25) is 0 Å². The fourth-order valence-corrected chi connectivity index (χ4v) is 7.31. The van der Waals surface area contributed by atoms with Crippen LogP contribution in [0.5, 0.6) is 0 Å². The number of nitrogens with zero attached hydrogens (tertiary/aromatic N) is 1. The maximum atomic E-state index is 12.5. The van der Waals surface area contributed by atoms with Crippen molar-refractivity contribution in [2.75, 3.05) is 23.7 Å². The Hall–Kier alpha value is -1.07. The lowest BCUT2D eigenvalue weighted by molar-refractivity contribution is -0.00521. The van der Waals surface area contributed by atoms with Crippen molar-refractivity contribution in [3.05, 3.63) is 29.8 Å². The van der Waals surface area contributed by atoms with Crippen LogP contribution in [-0.2, 0) is 21.0 Å². The molecule has 1 aliphatic heterocycles. The Morgan fingerprint density at radius 1 is 1.00 bits per heavy atom. The number of anilines is 1. The molecule has 1 heterocycles. The summed E-state index contributed by atoms with van der Waals surface area (Å²) in [6.07, 6.45) is 9.16. The van der Waals surface area contributed by atoms with E-state index in [1.165, 1.54) is 30.5 Å². The molecule has 1 aromatic carbocycles.